The predicted molar refractivity (Wildman–Crippen MR) is 102 cm³/mol. The zero-order chi connectivity index (χ0) is 19.0. The molecule has 2 aromatic rings. The van der Waals surface area contributed by atoms with Gasteiger partial charge in [-0.15, -0.1) is 0 Å². The Morgan fingerprint density at radius 2 is 1.89 bits per heavy atom. The summed E-state index contributed by atoms with van der Waals surface area (Å²) in [7, 11) is 3.93. The van der Waals surface area contributed by atoms with Crippen molar-refractivity contribution in [3.63, 3.8) is 0 Å². The van der Waals surface area contributed by atoms with Crippen molar-refractivity contribution in [3.8, 4) is 0 Å². The van der Waals surface area contributed by atoms with E-state index in [4.69, 9.17) is 0 Å². The molecule has 4 rings (SSSR count). The third kappa shape index (κ3) is 3.34. The van der Waals surface area contributed by atoms with Gasteiger partial charge in [0.05, 0.1) is 17.4 Å². The highest BCUT2D eigenvalue weighted by Crippen LogP contribution is 2.35. The summed E-state index contributed by atoms with van der Waals surface area (Å²) in [5, 5.41) is 2.98. The van der Waals surface area contributed by atoms with Crippen molar-refractivity contribution in [2.24, 2.45) is 0 Å². The number of rotatable bonds is 3. The van der Waals surface area contributed by atoms with Gasteiger partial charge in [0.25, 0.3) is 0 Å². The van der Waals surface area contributed by atoms with Gasteiger partial charge in [-0.25, -0.2) is 9.18 Å². The van der Waals surface area contributed by atoms with Crippen LogP contribution in [0.5, 0.6) is 0 Å². The van der Waals surface area contributed by atoms with Crippen LogP contribution in [-0.2, 0) is 6.42 Å². The molecule has 0 aromatic heterocycles. The topological polar surface area (TPSA) is 35.6 Å². The monoisotopic (exact) mass is 363 g/mol. The first-order chi connectivity index (χ1) is 13.0. The maximum absolute atomic E-state index is 13.4. The summed E-state index contributed by atoms with van der Waals surface area (Å²) in [6, 6.07) is 14.2. The lowest BCUT2D eigenvalue weighted by Gasteiger charge is -2.38. The van der Waals surface area contributed by atoms with Gasteiger partial charge in [-0.2, -0.15) is 0 Å². The van der Waals surface area contributed by atoms with Gasteiger partial charge in [-0.05, 0) is 35.2 Å². The van der Waals surface area contributed by atoms with E-state index in [9.17, 15) is 9.18 Å². The van der Waals surface area contributed by atoms with Crippen molar-refractivity contribution < 1.29 is 9.18 Å². The van der Waals surface area contributed by atoms with Gasteiger partial charge in [-0.3, -0.25) is 0 Å². The molecule has 5 heteroatoms. The first-order valence-electron chi connectivity index (χ1n) is 9.10. The molecule has 2 aliphatic rings. The quantitative estimate of drug-likeness (QED) is 0.842. The Balaban J connectivity index is 1.66. The van der Waals surface area contributed by atoms with Crippen LogP contribution in [0.15, 0.2) is 65.7 Å². The van der Waals surface area contributed by atoms with Crippen molar-refractivity contribution in [2.45, 2.75) is 18.9 Å². The minimum atomic E-state index is -0.278. The van der Waals surface area contributed by atoms with E-state index < -0.39 is 0 Å². The lowest BCUT2D eigenvalue weighted by molar-refractivity contribution is 0.182. The van der Waals surface area contributed by atoms with E-state index in [1.807, 2.05) is 36.0 Å². The first-order valence-corrected chi connectivity index (χ1v) is 9.10. The van der Waals surface area contributed by atoms with Crippen LogP contribution in [0.3, 0.4) is 0 Å². The Kier molecular flexibility index (Phi) is 4.46. The molecule has 0 unspecified atom stereocenters. The molecule has 4 nitrogen and oxygen atoms in total. The second-order valence-corrected chi connectivity index (χ2v) is 7.15. The molecule has 1 aliphatic heterocycles. The van der Waals surface area contributed by atoms with E-state index in [-0.39, 0.29) is 17.9 Å². The van der Waals surface area contributed by atoms with Crippen molar-refractivity contribution in [3.05, 3.63) is 88.2 Å². The standard InChI is InChI=1S/C22H22FN3O/c1-25(2)19-13-18(14-19)24-22(27)26-12-11-15-5-3-4-6-20(15)21(26)16-7-9-17(23)10-8-16/h3-10,21H,11-13H2,1-2H3,(H,24,27)/t21-/m0/s1. The number of nitrogens with zero attached hydrogens (tertiary/aromatic N) is 2. The summed E-state index contributed by atoms with van der Waals surface area (Å²) < 4.78 is 13.4. The third-order valence-corrected chi connectivity index (χ3v) is 5.17. The lowest BCUT2D eigenvalue weighted by atomic mass is 9.88. The minimum absolute atomic E-state index is 0.140. The average Bonchev–Trinajstić information content (AvgIpc) is 2.63. The number of fused-ring (bicyclic) bond motifs is 1. The number of urea groups is 1. The second kappa shape index (κ2) is 6.93. The average molecular weight is 363 g/mol. The van der Waals surface area contributed by atoms with E-state index in [0.717, 1.165) is 28.9 Å². The summed E-state index contributed by atoms with van der Waals surface area (Å²) in [4.78, 5) is 16.8. The summed E-state index contributed by atoms with van der Waals surface area (Å²) in [5.74, 6) is -0.278. The maximum Gasteiger partial charge on any atom is 0.322 e. The smallest absolute Gasteiger partial charge is 0.322 e. The predicted octanol–water partition coefficient (Wildman–Crippen LogP) is 3.81. The molecule has 1 N–H and O–H groups in total. The van der Waals surface area contributed by atoms with Gasteiger partial charge >= 0.3 is 6.03 Å². The Morgan fingerprint density at radius 3 is 2.59 bits per heavy atom. The number of amides is 2. The van der Waals surface area contributed by atoms with E-state index in [2.05, 4.69) is 23.2 Å². The summed E-state index contributed by atoms with van der Waals surface area (Å²) in [5.41, 5.74) is 8.29. The van der Waals surface area contributed by atoms with E-state index >= 15 is 0 Å². The number of nitrogens with one attached hydrogen (secondary N) is 1. The van der Waals surface area contributed by atoms with E-state index in [1.165, 1.54) is 17.7 Å². The fraction of sp³-hybridized carbons (Fsp3) is 0.273. The molecule has 1 heterocycles. The zero-order valence-electron chi connectivity index (χ0n) is 15.5. The van der Waals surface area contributed by atoms with Crippen molar-refractivity contribution >= 4 is 6.03 Å². The molecule has 0 fully saturated rings. The molecular weight excluding hydrogens is 341 g/mol. The van der Waals surface area contributed by atoms with Crippen molar-refractivity contribution in [2.75, 3.05) is 20.6 Å². The Morgan fingerprint density at radius 1 is 1.19 bits per heavy atom. The van der Waals surface area contributed by atoms with E-state index in [1.54, 1.807) is 12.1 Å². The highest BCUT2D eigenvalue weighted by molar-refractivity contribution is 5.78. The third-order valence-electron chi connectivity index (χ3n) is 5.17. The second-order valence-electron chi connectivity index (χ2n) is 7.15. The SMILES string of the molecule is CN(C)C1=C=C(NC(=O)N2CCc3ccccc3[C@@H]2c2ccc(F)cc2)C1. The number of carbonyl (C=O) groups excluding carboxylic acids is 1. The molecule has 138 valence electrons. The summed E-state index contributed by atoms with van der Waals surface area (Å²) in [6.45, 7) is 0.614. The highest BCUT2D eigenvalue weighted by Gasteiger charge is 2.32. The van der Waals surface area contributed by atoms with Crippen LogP contribution in [0.4, 0.5) is 9.18 Å². The Hall–Kier alpha value is -3.04. The molecule has 0 spiro atoms. The van der Waals surface area contributed by atoms with Gasteiger partial charge in [0, 0.05) is 27.1 Å². The van der Waals surface area contributed by atoms with Crippen LogP contribution >= 0.6 is 0 Å². The Labute approximate surface area is 158 Å². The van der Waals surface area contributed by atoms with Crippen LogP contribution < -0.4 is 5.32 Å². The molecule has 27 heavy (non-hydrogen) atoms. The lowest BCUT2D eigenvalue weighted by Crippen LogP contribution is -2.46. The zero-order valence-corrected chi connectivity index (χ0v) is 15.5. The Bertz CT molecular complexity index is 942. The molecular formula is C22H22FN3O. The van der Waals surface area contributed by atoms with Gasteiger partial charge in [-0.1, -0.05) is 42.1 Å². The molecule has 1 atom stereocenters. The van der Waals surface area contributed by atoms with Gasteiger partial charge in [0.15, 0.2) is 0 Å². The normalized spacial score (nSPS) is 18.0. The van der Waals surface area contributed by atoms with Crippen LogP contribution in [0.2, 0.25) is 0 Å². The first kappa shape index (κ1) is 17.4. The van der Waals surface area contributed by atoms with Gasteiger partial charge < -0.3 is 15.1 Å². The van der Waals surface area contributed by atoms with Gasteiger partial charge in [0.2, 0.25) is 0 Å². The van der Waals surface area contributed by atoms with Crippen molar-refractivity contribution in [1.82, 2.24) is 15.1 Å². The van der Waals surface area contributed by atoms with Gasteiger partial charge in [0.1, 0.15) is 5.82 Å². The molecule has 2 amide bonds. The molecule has 0 bridgehead atoms. The fourth-order valence-corrected chi connectivity index (χ4v) is 3.66. The molecule has 2 aromatic carbocycles. The molecule has 0 saturated carbocycles. The fourth-order valence-electron chi connectivity index (χ4n) is 3.66. The number of hydrogen-bond donors (Lipinski definition) is 1. The highest BCUT2D eigenvalue weighted by atomic mass is 19.1. The van der Waals surface area contributed by atoms with E-state index in [0.29, 0.717) is 13.0 Å². The largest absolute Gasteiger partial charge is 0.374 e. The number of benzene rings is 2. The van der Waals surface area contributed by atoms with Crippen LogP contribution in [0.25, 0.3) is 0 Å². The number of carbonyl (C=O) groups is 1. The van der Waals surface area contributed by atoms with Crippen molar-refractivity contribution in [1.29, 1.82) is 0 Å². The number of hydrogen-bond acceptors (Lipinski definition) is 2. The summed E-state index contributed by atoms with van der Waals surface area (Å²) in [6.07, 6.45) is 1.52. The van der Waals surface area contributed by atoms with Crippen LogP contribution in [0.1, 0.15) is 29.2 Å². The molecule has 0 saturated heterocycles. The maximum atomic E-state index is 13.4. The minimum Gasteiger partial charge on any atom is -0.374 e. The van der Waals surface area contributed by atoms with Crippen LogP contribution in [0, 0.1) is 5.82 Å². The van der Waals surface area contributed by atoms with Crippen LogP contribution in [-0.4, -0.2) is 36.5 Å². The molecule has 1 aliphatic carbocycles. The summed E-state index contributed by atoms with van der Waals surface area (Å²) >= 11 is 0. The molecule has 0 radical (unpaired) electrons. The number of halogens is 1.